The Kier molecular flexibility index (Phi) is 9.13. The fourth-order valence-corrected chi connectivity index (χ4v) is 1.06. The largest absolute Gasteiger partial charge is 1.00 e. The molecule has 0 aliphatic heterocycles. The Morgan fingerprint density at radius 1 is 0.933 bits per heavy atom. The van der Waals surface area contributed by atoms with Crippen LogP contribution in [0.2, 0.25) is 5.02 Å². The summed E-state index contributed by atoms with van der Waals surface area (Å²) in [7, 11) is 0. The molecule has 0 atom stereocenters. The van der Waals surface area contributed by atoms with Gasteiger partial charge in [-0.2, -0.15) is 0 Å². The SMILES string of the molecule is O=C([O-])c1cc(Cl)cc(C(=O)[O-])c1.[Na+].[Na+]. The van der Waals surface area contributed by atoms with Gasteiger partial charge in [0.05, 0.1) is 11.9 Å². The van der Waals surface area contributed by atoms with E-state index in [1.54, 1.807) is 0 Å². The molecule has 0 aliphatic carbocycles. The van der Waals surface area contributed by atoms with E-state index in [0.717, 1.165) is 18.2 Å². The van der Waals surface area contributed by atoms with E-state index >= 15 is 0 Å². The van der Waals surface area contributed by atoms with E-state index in [9.17, 15) is 19.8 Å². The topological polar surface area (TPSA) is 80.3 Å². The maximum absolute atomic E-state index is 10.3. The molecule has 68 valence electrons. The van der Waals surface area contributed by atoms with Crippen LogP contribution in [0.1, 0.15) is 20.7 Å². The second-order valence-corrected chi connectivity index (χ2v) is 2.74. The minimum absolute atomic E-state index is 0. The predicted molar refractivity (Wildman–Crippen MR) is 40.1 cm³/mol. The predicted octanol–water partition coefficient (Wildman–Crippen LogP) is -6.92. The van der Waals surface area contributed by atoms with Crippen molar-refractivity contribution in [2.45, 2.75) is 0 Å². The number of benzene rings is 1. The third-order valence-corrected chi connectivity index (χ3v) is 1.59. The summed E-state index contributed by atoms with van der Waals surface area (Å²) in [5, 5.41) is 20.7. The van der Waals surface area contributed by atoms with Crippen LogP contribution in [0, 0.1) is 0 Å². The van der Waals surface area contributed by atoms with Crippen LogP contribution >= 0.6 is 11.6 Å². The van der Waals surface area contributed by atoms with Crippen molar-refractivity contribution in [2.24, 2.45) is 0 Å². The van der Waals surface area contributed by atoms with Crippen LogP contribution in [0.25, 0.3) is 0 Å². The minimum Gasteiger partial charge on any atom is -0.545 e. The molecule has 0 bridgehead atoms. The summed E-state index contributed by atoms with van der Waals surface area (Å²) in [5.41, 5.74) is -0.571. The summed E-state index contributed by atoms with van der Waals surface area (Å²) >= 11 is 5.46. The fourth-order valence-electron chi connectivity index (χ4n) is 0.825. The van der Waals surface area contributed by atoms with E-state index in [1.807, 2.05) is 0 Å². The Morgan fingerprint density at radius 2 is 1.27 bits per heavy atom. The number of carbonyl (C=O) groups excluding carboxylic acids is 2. The smallest absolute Gasteiger partial charge is 0.545 e. The van der Waals surface area contributed by atoms with E-state index in [-0.39, 0.29) is 75.3 Å². The number of aromatic carboxylic acids is 2. The summed E-state index contributed by atoms with van der Waals surface area (Å²) in [6, 6.07) is 3.13. The Labute approximate surface area is 135 Å². The van der Waals surface area contributed by atoms with Gasteiger partial charge < -0.3 is 19.8 Å². The van der Waals surface area contributed by atoms with Crippen molar-refractivity contribution in [3.8, 4) is 0 Å². The number of hydrogen-bond acceptors (Lipinski definition) is 4. The van der Waals surface area contributed by atoms with E-state index in [4.69, 9.17) is 11.6 Å². The quantitative estimate of drug-likeness (QED) is 0.484. The molecule has 0 saturated heterocycles. The molecule has 0 aliphatic rings. The van der Waals surface area contributed by atoms with Gasteiger partial charge in [0.2, 0.25) is 0 Å². The number of carboxylic acid groups (broad SMARTS) is 2. The van der Waals surface area contributed by atoms with Crippen LogP contribution in [0.4, 0.5) is 0 Å². The Balaban J connectivity index is 0. The van der Waals surface area contributed by atoms with Gasteiger partial charge >= 0.3 is 59.1 Å². The van der Waals surface area contributed by atoms with E-state index in [0.29, 0.717) is 0 Å². The van der Waals surface area contributed by atoms with Gasteiger partial charge in [0.15, 0.2) is 0 Å². The third kappa shape index (κ3) is 5.36. The molecular weight excluding hydrogens is 242 g/mol. The van der Waals surface area contributed by atoms with Gasteiger partial charge in [0.25, 0.3) is 0 Å². The molecule has 0 saturated carbocycles. The zero-order valence-electron chi connectivity index (χ0n) is 8.24. The van der Waals surface area contributed by atoms with Crippen molar-refractivity contribution in [1.82, 2.24) is 0 Å². The fraction of sp³-hybridized carbons (Fsp3) is 0. The number of carboxylic acids is 2. The molecular formula is C8H3ClNa2O4. The monoisotopic (exact) mass is 244 g/mol. The molecule has 0 heterocycles. The number of carbonyl (C=O) groups is 2. The first-order valence-corrected chi connectivity index (χ1v) is 3.62. The molecule has 0 unspecified atom stereocenters. The first-order chi connectivity index (χ1) is 6.00. The Hall–Kier alpha value is 0.450. The number of halogens is 1. The summed E-state index contributed by atoms with van der Waals surface area (Å²) in [6.07, 6.45) is 0. The van der Waals surface area contributed by atoms with Gasteiger partial charge in [-0.05, 0) is 29.3 Å². The molecule has 0 aromatic heterocycles. The van der Waals surface area contributed by atoms with E-state index in [1.165, 1.54) is 0 Å². The summed E-state index contributed by atoms with van der Waals surface area (Å²) < 4.78 is 0. The molecule has 0 spiro atoms. The molecule has 0 amide bonds. The minimum atomic E-state index is -1.48. The van der Waals surface area contributed by atoms with Crippen molar-refractivity contribution in [1.29, 1.82) is 0 Å². The molecule has 7 heteroatoms. The zero-order valence-corrected chi connectivity index (χ0v) is 13.0. The van der Waals surface area contributed by atoms with Crippen molar-refractivity contribution in [2.75, 3.05) is 0 Å². The van der Waals surface area contributed by atoms with Crippen molar-refractivity contribution in [3.63, 3.8) is 0 Å². The molecule has 1 rings (SSSR count). The Bertz CT molecular complexity index is 349. The molecule has 1 aromatic carbocycles. The maximum Gasteiger partial charge on any atom is 1.00 e. The van der Waals surface area contributed by atoms with E-state index in [2.05, 4.69) is 0 Å². The van der Waals surface area contributed by atoms with Gasteiger partial charge in [-0.15, -0.1) is 0 Å². The first kappa shape index (κ1) is 17.8. The van der Waals surface area contributed by atoms with Crippen LogP contribution in [-0.2, 0) is 0 Å². The molecule has 15 heavy (non-hydrogen) atoms. The van der Waals surface area contributed by atoms with Gasteiger partial charge in [-0.1, -0.05) is 11.6 Å². The first-order valence-electron chi connectivity index (χ1n) is 3.24. The van der Waals surface area contributed by atoms with Gasteiger partial charge in [0, 0.05) is 5.02 Å². The second kappa shape index (κ2) is 7.68. The number of hydrogen-bond donors (Lipinski definition) is 0. The van der Waals surface area contributed by atoms with Crippen LogP contribution < -0.4 is 69.3 Å². The second-order valence-electron chi connectivity index (χ2n) is 2.30. The van der Waals surface area contributed by atoms with Crippen LogP contribution in [0.15, 0.2) is 18.2 Å². The molecule has 0 radical (unpaired) electrons. The molecule has 0 fully saturated rings. The molecule has 0 N–H and O–H groups in total. The molecule has 1 aromatic rings. The summed E-state index contributed by atoms with van der Waals surface area (Å²) in [4.78, 5) is 20.7. The van der Waals surface area contributed by atoms with Crippen molar-refractivity contribution in [3.05, 3.63) is 34.3 Å². The van der Waals surface area contributed by atoms with Crippen LogP contribution in [0.3, 0.4) is 0 Å². The van der Waals surface area contributed by atoms with Gasteiger partial charge in [-0.25, -0.2) is 0 Å². The average molecular weight is 245 g/mol. The summed E-state index contributed by atoms with van der Waals surface area (Å²) in [6.45, 7) is 0. The maximum atomic E-state index is 10.3. The Morgan fingerprint density at radius 3 is 1.53 bits per heavy atom. The van der Waals surface area contributed by atoms with Crippen molar-refractivity contribution >= 4 is 23.5 Å². The van der Waals surface area contributed by atoms with Gasteiger partial charge in [-0.3, -0.25) is 0 Å². The molecule has 4 nitrogen and oxygen atoms in total. The van der Waals surface area contributed by atoms with E-state index < -0.39 is 11.9 Å². The van der Waals surface area contributed by atoms with Crippen LogP contribution in [0.5, 0.6) is 0 Å². The standard InChI is InChI=1S/C8H5ClO4.2Na/c9-6-2-4(7(10)11)1-5(3-6)8(12)13;;/h1-3H,(H,10,11)(H,12,13);;/q;2*+1/p-2. The average Bonchev–Trinajstić information content (AvgIpc) is 2.03. The number of rotatable bonds is 2. The normalized spacial score (nSPS) is 8.33. The van der Waals surface area contributed by atoms with Gasteiger partial charge in [0.1, 0.15) is 0 Å². The third-order valence-electron chi connectivity index (χ3n) is 1.37. The summed E-state index contributed by atoms with van der Waals surface area (Å²) in [5.74, 6) is -2.96. The van der Waals surface area contributed by atoms with Crippen LogP contribution in [-0.4, -0.2) is 11.9 Å². The van der Waals surface area contributed by atoms with Crippen molar-refractivity contribution < 1.29 is 78.9 Å². The zero-order chi connectivity index (χ0) is 10.0.